The van der Waals surface area contributed by atoms with Crippen LogP contribution in [0.2, 0.25) is 0 Å². The van der Waals surface area contributed by atoms with Crippen LogP contribution in [0.3, 0.4) is 0 Å². The lowest BCUT2D eigenvalue weighted by molar-refractivity contribution is -0.145. The molecule has 0 bridgehead atoms. The van der Waals surface area contributed by atoms with Gasteiger partial charge in [0, 0.05) is 19.1 Å². The lowest BCUT2D eigenvalue weighted by Crippen LogP contribution is -2.54. The van der Waals surface area contributed by atoms with Gasteiger partial charge in [0.1, 0.15) is 5.82 Å². The number of hydrogen-bond acceptors (Lipinski definition) is 2. The largest absolute Gasteiger partial charge is 0.481 e. The second kappa shape index (κ2) is 5.70. The zero-order chi connectivity index (χ0) is 14.0. The smallest absolute Gasteiger partial charge is 0.306 e. The Morgan fingerprint density at radius 3 is 2.74 bits per heavy atom. The topological polar surface area (TPSA) is 40.5 Å². The van der Waals surface area contributed by atoms with Gasteiger partial charge in [0.05, 0.1) is 5.92 Å². The van der Waals surface area contributed by atoms with Gasteiger partial charge in [0.25, 0.3) is 0 Å². The van der Waals surface area contributed by atoms with E-state index in [1.807, 2.05) is 6.07 Å². The molecule has 0 aliphatic carbocycles. The molecular formula is C15H20FNO2. The van der Waals surface area contributed by atoms with Gasteiger partial charge in [0.15, 0.2) is 0 Å². The van der Waals surface area contributed by atoms with Crippen LogP contribution in [0.25, 0.3) is 0 Å². The van der Waals surface area contributed by atoms with Gasteiger partial charge in [-0.2, -0.15) is 0 Å². The molecule has 0 radical (unpaired) electrons. The Balaban J connectivity index is 1.83. The molecule has 1 aromatic rings. The maximum atomic E-state index is 13.1. The molecule has 0 aromatic heterocycles. The molecule has 1 fully saturated rings. The van der Waals surface area contributed by atoms with Crippen molar-refractivity contribution in [3.05, 3.63) is 35.6 Å². The van der Waals surface area contributed by atoms with Gasteiger partial charge >= 0.3 is 5.97 Å². The van der Waals surface area contributed by atoms with Crippen molar-refractivity contribution in [2.45, 2.75) is 26.3 Å². The Morgan fingerprint density at radius 2 is 2.16 bits per heavy atom. The predicted octanol–water partition coefficient (Wildman–Crippen LogP) is 2.41. The summed E-state index contributed by atoms with van der Waals surface area (Å²) in [5.74, 6) is -0.960. The van der Waals surface area contributed by atoms with Gasteiger partial charge in [0.2, 0.25) is 0 Å². The van der Waals surface area contributed by atoms with Gasteiger partial charge < -0.3 is 5.11 Å². The standard InChI is InChI=1S/C15H20FNO2/c1-10(6-12-4-3-5-14(16)7-12)17-8-13(9-17)11(2)15(18)19/h3-5,7,10-11,13H,6,8-9H2,1-2H3,(H,18,19). The molecule has 2 atom stereocenters. The first-order valence-electron chi connectivity index (χ1n) is 6.68. The van der Waals surface area contributed by atoms with Crippen molar-refractivity contribution < 1.29 is 14.3 Å². The molecule has 3 nitrogen and oxygen atoms in total. The molecule has 1 aliphatic heterocycles. The fraction of sp³-hybridized carbons (Fsp3) is 0.533. The summed E-state index contributed by atoms with van der Waals surface area (Å²) in [6.45, 7) is 5.52. The normalized spacial score (nSPS) is 19.7. The molecule has 0 spiro atoms. The van der Waals surface area contributed by atoms with E-state index in [2.05, 4.69) is 11.8 Å². The lowest BCUT2D eigenvalue weighted by atomic mass is 9.85. The van der Waals surface area contributed by atoms with Gasteiger partial charge in [-0.15, -0.1) is 0 Å². The first-order chi connectivity index (χ1) is 8.97. The van der Waals surface area contributed by atoms with Crippen molar-refractivity contribution in [3.8, 4) is 0 Å². The number of carboxylic acids is 1. The minimum absolute atomic E-state index is 0.203. The summed E-state index contributed by atoms with van der Waals surface area (Å²) >= 11 is 0. The predicted molar refractivity (Wildman–Crippen MR) is 71.4 cm³/mol. The van der Waals surface area contributed by atoms with Crippen molar-refractivity contribution in [2.24, 2.45) is 11.8 Å². The van der Waals surface area contributed by atoms with E-state index >= 15 is 0 Å². The molecule has 2 rings (SSSR count). The number of carbonyl (C=O) groups is 1. The quantitative estimate of drug-likeness (QED) is 0.888. The number of rotatable bonds is 5. The molecule has 19 heavy (non-hydrogen) atoms. The van der Waals surface area contributed by atoms with Crippen molar-refractivity contribution >= 4 is 5.97 Å². The van der Waals surface area contributed by atoms with E-state index in [1.165, 1.54) is 6.07 Å². The minimum atomic E-state index is -0.720. The molecule has 1 aromatic carbocycles. The van der Waals surface area contributed by atoms with Crippen LogP contribution in [0.1, 0.15) is 19.4 Å². The van der Waals surface area contributed by atoms with Gasteiger partial charge in [-0.1, -0.05) is 19.1 Å². The minimum Gasteiger partial charge on any atom is -0.481 e. The Morgan fingerprint density at radius 1 is 1.47 bits per heavy atom. The van der Waals surface area contributed by atoms with Crippen LogP contribution in [0.5, 0.6) is 0 Å². The number of halogens is 1. The fourth-order valence-electron chi connectivity index (χ4n) is 2.56. The number of hydrogen-bond donors (Lipinski definition) is 1. The number of benzene rings is 1. The first kappa shape index (κ1) is 14.0. The third-order valence-electron chi connectivity index (χ3n) is 4.08. The average Bonchev–Trinajstić information content (AvgIpc) is 2.26. The molecule has 1 saturated heterocycles. The molecule has 1 aliphatic rings. The number of carboxylic acid groups (broad SMARTS) is 1. The highest BCUT2D eigenvalue weighted by molar-refractivity contribution is 5.70. The van der Waals surface area contributed by atoms with Crippen LogP contribution in [0, 0.1) is 17.7 Å². The second-order valence-corrected chi connectivity index (χ2v) is 5.52. The summed E-state index contributed by atoms with van der Waals surface area (Å²) < 4.78 is 13.1. The fourth-order valence-corrected chi connectivity index (χ4v) is 2.56. The van der Waals surface area contributed by atoms with E-state index in [4.69, 9.17) is 5.11 Å². The molecule has 0 amide bonds. The van der Waals surface area contributed by atoms with Crippen molar-refractivity contribution in [3.63, 3.8) is 0 Å². The monoisotopic (exact) mass is 265 g/mol. The van der Waals surface area contributed by atoms with Crippen molar-refractivity contribution in [1.82, 2.24) is 4.90 Å². The SMILES string of the molecule is CC(C(=O)O)C1CN(C(C)Cc2cccc(F)c2)C1. The Hall–Kier alpha value is -1.42. The summed E-state index contributed by atoms with van der Waals surface area (Å²) in [7, 11) is 0. The molecule has 4 heteroatoms. The van der Waals surface area contributed by atoms with Crippen LogP contribution in [0.4, 0.5) is 4.39 Å². The summed E-state index contributed by atoms with van der Waals surface area (Å²) in [5.41, 5.74) is 0.988. The molecule has 2 unspecified atom stereocenters. The highest BCUT2D eigenvalue weighted by atomic mass is 19.1. The first-order valence-corrected chi connectivity index (χ1v) is 6.68. The van der Waals surface area contributed by atoms with Crippen LogP contribution < -0.4 is 0 Å². The van der Waals surface area contributed by atoms with Crippen LogP contribution in [-0.2, 0) is 11.2 Å². The Labute approximate surface area is 113 Å². The maximum Gasteiger partial charge on any atom is 0.306 e. The number of aliphatic carboxylic acids is 1. The summed E-state index contributed by atoms with van der Waals surface area (Å²) in [5, 5.41) is 8.95. The molecule has 1 N–H and O–H groups in total. The van der Waals surface area contributed by atoms with E-state index in [0.29, 0.717) is 6.04 Å². The second-order valence-electron chi connectivity index (χ2n) is 5.52. The van der Waals surface area contributed by atoms with Gasteiger partial charge in [-0.25, -0.2) is 4.39 Å². The van der Waals surface area contributed by atoms with Crippen LogP contribution >= 0.6 is 0 Å². The third kappa shape index (κ3) is 3.32. The van der Waals surface area contributed by atoms with E-state index in [9.17, 15) is 9.18 Å². The zero-order valence-corrected chi connectivity index (χ0v) is 11.3. The highest BCUT2D eigenvalue weighted by Crippen LogP contribution is 2.27. The molecule has 1 heterocycles. The van der Waals surface area contributed by atoms with E-state index in [-0.39, 0.29) is 17.7 Å². The molecule has 104 valence electrons. The third-order valence-corrected chi connectivity index (χ3v) is 4.08. The number of nitrogens with zero attached hydrogens (tertiary/aromatic N) is 1. The summed E-state index contributed by atoms with van der Waals surface area (Å²) in [4.78, 5) is 13.1. The van der Waals surface area contributed by atoms with Gasteiger partial charge in [-0.3, -0.25) is 9.69 Å². The zero-order valence-electron chi connectivity index (χ0n) is 11.3. The Kier molecular flexibility index (Phi) is 4.20. The Bertz CT molecular complexity index is 457. The van der Waals surface area contributed by atoms with Crippen LogP contribution in [-0.4, -0.2) is 35.1 Å². The summed E-state index contributed by atoms with van der Waals surface area (Å²) in [6, 6.07) is 6.98. The van der Waals surface area contributed by atoms with Gasteiger partial charge in [-0.05, 0) is 37.0 Å². The van der Waals surface area contributed by atoms with Crippen molar-refractivity contribution in [1.29, 1.82) is 0 Å². The number of likely N-dealkylation sites (tertiary alicyclic amines) is 1. The van der Waals surface area contributed by atoms with E-state index < -0.39 is 5.97 Å². The summed E-state index contributed by atoms with van der Waals surface area (Å²) in [6.07, 6.45) is 0.798. The molecular weight excluding hydrogens is 245 g/mol. The average molecular weight is 265 g/mol. The lowest BCUT2D eigenvalue weighted by Gasteiger charge is -2.45. The van der Waals surface area contributed by atoms with Crippen LogP contribution in [0.15, 0.2) is 24.3 Å². The van der Waals surface area contributed by atoms with Crippen molar-refractivity contribution in [2.75, 3.05) is 13.1 Å². The highest BCUT2D eigenvalue weighted by Gasteiger charge is 2.36. The van der Waals surface area contributed by atoms with E-state index in [0.717, 1.165) is 25.1 Å². The van der Waals surface area contributed by atoms with E-state index in [1.54, 1.807) is 19.1 Å². The maximum absolute atomic E-state index is 13.1. The molecule has 0 saturated carbocycles.